The molecular formula is C39H48FN5O3S. The summed E-state index contributed by atoms with van der Waals surface area (Å²) in [6, 6.07) is 20.2. The van der Waals surface area contributed by atoms with Crippen LogP contribution in [-0.2, 0) is 15.4 Å². The van der Waals surface area contributed by atoms with Crippen LogP contribution in [0.25, 0.3) is 11.0 Å². The second-order valence-electron chi connectivity index (χ2n) is 14.5. The third-order valence-electron chi connectivity index (χ3n) is 11.8. The Morgan fingerprint density at radius 1 is 0.959 bits per heavy atom. The molecule has 0 saturated carbocycles. The molecule has 1 N–H and O–H groups in total. The molecule has 49 heavy (non-hydrogen) atoms. The first-order valence-corrected chi connectivity index (χ1v) is 19.3. The van der Waals surface area contributed by atoms with Crippen molar-refractivity contribution in [2.45, 2.75) is 101 Å². The number of carbonyl (C=O) groups is 1. The normalized spacial score (nSPS) is 22.6. The smallest absolute Gasteiger partial charge is 0.254 e. The fraction of sp³-hybridized carbons (Fsp3) is 0.487. The SMILES string of the molecule is CCNS(=O)(=O)c1ccc(C)c(C(=O)N2CCC(CCN3[C@@H]4CC[C@H]3C[C@@H](n3c(C)nc5ccccc53)C4)(c3cccc(F)c3)CC2)c1C. The molecule has 0 aliphatic carbocycles. The molecule has 3 saturated heterocycles. The van der Waals surface area contributed by atoms with E-state index in [1.807, 2.05) is 11.8 Å². The summed E-state index contributed by atoms with van der Waals surface area (Å²) in [7, 11) is -3.72. The molecule has 7 rings (SSSR count). The Kier molecular flexibility index (Phi) is 9.17. The average molecular weight is 686 g/mol. The van der Waals surface area contributed by atoms with Gasteiger partial charge in [0.2, 0.25) is 10.0 Å². The Bertz CT molecular complexity index is 1970. The fourth-order valence-electron chi connectivity index (χ4n) is 9.30. The molecule has 4 heterocycles. The summed E-state index contributed by atoms with van der Waals surface area (Å²) in [5.41, 5.74) is 4.73. The van der Waals surface area contributed by atoms with Gasteiger partial charge in [-0.3, -0.25) is 9.69 Å². The van der Waals surface area contributed by atoms with E-state index in [1.54, 1.807) is 38.1 Å². The predicted octanol–water partition coefficient (Wildman–Crippen LogP) is 6.83. The van der Waals surface area contributed by atoms with Crippen molar-refractivity contribution in [2.24, 2.45) is 0 Å². The van der Waals surface area contributed by atoms with E-state index in [-0.39, 0.29) is 28.6 Å². The van der Waals surface area contributed by atoms with Gasteiger partial charge in [0.1, 0.15) is 11.6 Å². The van der Waals surface area contributed by atoms with Gasteiger partial charge in [-0.1, -0.05) is 37.3 Å². The molecule has 3 atom stereocenters. The molecule has 260 valence electrons. The van der Waals surface area contributed by atoms with Crippen molar-refractivity contribution < 1.29 is 17.6 Å². The van der Waals surface area contributed by atoms with Crippen molar-refractivity contribution in [2.75, 3.05) is 26.2 Å². The van der Waals surface area contributed by atoms with Crippen LogP contribution in [0, 0.1) is 26.6 Å². The number of rotatable bonds is 9. The highest BCUT2D eigenvalue weighted by Crippen LogP contribution is 2.45. The zero-order valence-corrected chi connectivity index (χ0v) is 29.9. The topological polar surface area (TPSA) is 87.5 Å². The third kappa shape index (κ3) is 6.21. The molecule has 1 amide bonds. The first kappa shape index (κ1) is 33.9. The summed E-state index contributed by atoms with van der Waals surface area (Å²) in [6.07, 6.45) is 6.95. The number of aromatic nitrogens is 2. The highest BCUT2D eigenvalue weighted by molar-refractivity contribution is 7.89. The van der Waals surface area contributed by atoms with E-state index in [4.69, 9.17) is 4.98 Å². The number of carbonyl (C=O) groups excluding carboxylic acids is 1. The van der Waals surface area contributed by atoms with Crippen molar-refractivity contribution in [3.8, 4) is 0 Å². The summed E-state index contributed by atoms with van der Waals surface area (Å²) in [6.45, 7) is 9.72. The molecule has 8 nitrogen and oxygen atoms in total. The standard InChI is InChI=1S/C39H48FN5O3S/c1-5-41-49(47,48)36-16-13-26(2)37(27(36)3)38(46)43-20-17-39(18-21-43,29-9-8-10-30(40)23-29)19-22-44-31-14-15-32(44)25-33(24-31)45-28(4)42-34-11-6-7-12-35(34)45/h6-13,16,23,31-33,41H,5,14-15,17-22,24-25H2,1-4H3/t31-,32+,33+. The van der Waals surface area contributed by atoms with Crippen LogP contribution in [0.3, 0.4) is 0 Å². The van der Waals surface area contributed by atoms with Crippen LogP contribution in [0.2, 0.25) is 0 Å². The predicted molar refractivity (Wildman–Crippen MR) is 191 cm³/mol. The molecular weight excluding hydrogens is 638 g/mol. The van der Waals surface area contributed by atoms with Gasteiger partial charge >= 0.3 is 0 Å². The molecule has 0 radical (unpaired) electrons. The van der Waals surface area contributed by atoms with E-state index >= 15 is 0 Å². The van der Waals surface area contributed by atoms with Crippen LogP contribution in [0.1, 0.15) is 90.8 Å². The van der Waals surface area contributed by atoms with Gasteiger partial charge < -0.3 is 9.47 Å². The van der Waals surface area contributed by atoms with Crippen molar-refractivity contribution in [3.05, 3.63) is 94.6 Å². The Morgan fingerprint density at radius 3 is 2.37 bits per heavy atom. The first-order valence-electron chi connectivity index (χ1n) is 17.9. The minimum Gasteiger partial charge on any atom is -0.339 e. The van der Waals surface area contributed by atoms with E-state index in [9.17, 15) is 17.6 Å². The summed E-state index contributed by atoms with van der Waals surface area (Å²) >= 11 is 0. The van der Waals surface area contributed by atoms with Crippen LogP contribution < -0.4 is 4.72 Å². The number of nitrogens with one attached hydrogen (secondary N) is 1. The van der Waals surface area contributed by atoms with E-state index in [2.05, 4.69) is 51.4 Å². The molecule has 3 aliphatic heterocycles. The number of amides is 1. The second-order valence-corrected chi connectivity index (χ2v) is 16.2. The number of hydrogen-bond acceptors (Lipinski definition) is 5. The van der Waals surface area contributed by atoms with Gasteiger partial charge in [0.15, 0.2) is 0 Å². The number of fused-ring (bicyclic) bond motifs is 3. The molecule has 4 aromatic rings. The van der Waals surface area contributed by atoms with Gasteiger partial charge in [-0.15, -0.1) is 0 Å². The second kappa shape index (κ2) is 13.3. The monoisotopic (exact) mass is 685 g/mol. The maximum absolute atomic E-state index is 14.7. The van der Waals surface area contributed by atoms with Crippen LogP contribution in [0.5, 0.6) is 0 Å². The summed E-state index contributed by atoms with van der Waals surface area (Å²) < 4.78 is 45.5. The quantitative estimate of drug-likeness (QED) is 0.209. The van der Waals surface area contributed by atoms with E-state index in [1.165, 1.54) is 24.4 Å². The van der Waals surface area contributed by atoms with Crippen LogP contribution in [0.4, 0.5) is 4.39 Å². The van der Waals surface area contributed by atoms with Gasteiger partial charge in [0, 0.05) is 43.3 Å². The first-order chi connectivity index (χ1) is 23.5. The van der Waals surface area contributed by atoms with Crippen molar-refractivity contribution in [1.82, 2.24) is 24.1 Å². The number of piperidine rings is 2. The Morgan fingerprint density at radius 2 is 1.67 bits per heavy atom. The Balaban J connectivity index is 1.09. The van der Waals surface area contributed by atoms with Gasteiger partial charge in [-0.05, 0) is 125 Å². The molecule has 1 aromatic heterocycles. The summed E-state index contributed by atoms with van der Waals surface area (Å²) in [4.78, 5) is 23.6. The lowest BCUT2D eigenvalue weighted by atomic mass is 9.70. The van der Waals surface area contributed by atoms with Crippen molar-refractivity contribution in [3.63, 3.8) is 0 Å². The van der Waals surface area contributed by atoms with Crippen LogP contribution in [-0.4, -0.2) is 71.9 Å². The number of likely N-dealkylation sites (tertiary alicyclic amines) is 1. The number of sulfonamides is 1. The maximum Gasteiger partial charge on any atom is 0.254 e. The van der Waals surface area contributed by atoms with Crippen LogP contribution in [0.15, 0.2) is 65.6 Å². The molecule has 3 aliphatic rings. The fourth-order valence-corrected chi connectivity index (χ4v) is 10.6. The lowest BCUT2D eigenvalue weighted by Gasteiger charge is -2.46. The Labute approximate surface area is 289 Å². The van der Waals surface area contributed by atoms with Gasteiger partial charge in [-0.2, -0.15) is 0 Å². The maximum atomic E-state index is 14.7. The Hall–Kier alpha value is -3.60. The average Bonchev–Trinajstić information content (AvgIpc) is 3.53. The van der Waals surface area contributed by atoms with Gasteiger partial charge in [0.05, 0.1) is 15.9 Å². The number of hydrogen-bond donors (Lipinski definition) is 1. The molecule has 0 spiro atoms. The lowest BCUT2D eigenvalue weighted by Crippen LogP contribution is -2.49. The zero-order valence-electron chi connectivity index (χ0n) is 29.1. The molecule has 2 bridgehead atoms. The summed E-state index contributed by atoms with van der Waals surface area (Å²) in [5, 5.41) is 0. The highest BCUT2D eigenvalue weighted by atomic mass is 32.2. The van der Waals surface area contributed by atoms with E-state index < -0.39 is 10.0 Å². The van der Waals surface area contributed by atoms with Crippen LogP contribution >= 0.6 is 0 Å². The number of benzene rings is 3. The van der Waals surface area contributed by atoms with Gasteiger partial charge in [-0.25, -0.2) is 22.5 Å². The molecule has 3 fully saturated rings. The number of halogens is 1. The highest BCUT2D eigenvalue weighted by Gasteiger charge is 2.44. The number of imidazole rings is 1. The van der Waals surface area contributed by atoms with Crippen molar-refractivity contribution >= 4 is 27.0 Å². The molecule has 0 unspecified atom stereocenters. The lowest BCUT2D eigenvalue weighted by molar-refractivity contribution is 0.0605. The number of para-hydroxylation sites is 2. The minimum absolute atomic E-state index is 0.140. The number of nitrogens with zero attached hydrogens (tertiary/aromatic N) is 4. The molecule has 3 aromatic carbocycles. The largest absolute Gasteiger partial charge is 0.339 e. The van der Waals surface area contributed by atoms with E-state index in [0.717, 1.165) is 61.1 Å². The molecule has 10 heteroatoms. The summed E-state index contributed by atoms with van der Waals surface area (Å²) in [5.74, 6) is 0.713. The van der Waals surface area contributed by atoms with E-state index in [0.29, 0.717) is 42.3 Å². The van der Waals surface area contributed by atoms with Gasteiger partial charge in [0.25, 0.3) is 5.91 Å². The number of aryl methyl sites for hydroxylation is 2. The minimum atomic E-state index is -3.72. The zero-order chi connectivity index (χ0) is 34.5. The van der Waals surface area contributed by atoms with Crippen molar-refractivity contribution in [1.29, 1.82) is 0 Å². The third-order valence-corrected chi connectivity index (χ3v) is 13.4.